The van der Waals surface area contributed by atoms with Gasteiger partial charge in [0.25, 0.3) is 0 Å². The van der Waals surface area contributed by atoms with Crippen LogP contribution in [0.1, 0.15) is 16.1 Å². The van der Waals surface area contributed by atoms with Crippen molar-refractivity contribution in [1.82, 2.24) is 10.2 Å². The van der Waals surface area contributed by atoms with Crippen molar-refractivity contribution in [2.24, 2.45) is 5.73 Å². The average Bonchev–Trinajstić information content (AvgIpc) is 2.73. The van der Waals surface area contributed by atoms with Crippen LogP contribution in [-0.4, -0.2) is 10.2 Å². The zero-order valence-corrected chi connectivity index (χ0v) is 10.6. The van der Waals surface area contributed by atoms with E-state index < -0.39 is 0 Å². The molecule has 0 spiro atoms. The molecule has 0 radical (unpaired) electrons. The Morgan fingerprint density at radius 3 is 2.62 bits per heavy atom. The van der Waals surface area contributed by atoms with E-state index in [0.29, 0.717) is 6.54 Å². The molecule has 0 bridgehead atoms. The molecule has 84 valence electrons. The highest BCUT2D eigenvalue weighted by Crippen LogP contribution is 2.26. The van der Waals surface area contributed by atoms with E-state index in [1.165, 1.54) is 11.1 Å². The van der Waals surface area contributed by atoms with Gasteiger partial charge in [0.1, 0.15) is 5.01 Å². The molecule has 0 atom stereocenters. The molecule has 0 saturated heterocycles. The first-order chi connectivity index (χ1) is 7.79. The van der Waals surface area contributed by atoms with E-state index in [9.17, 15) is 0 Å². The molecule has 16 heavy (non-hydrogen) atoms. The molecule has 5 heteroatoms. The van der Waals surface area contributed by atoms with Crippen molar-refractivity contribution in [3.05, 3.63) is 40.4 Å². The molecule has 1 heterocycles. The summed E-state index contributed by atoms with van der Waals surface area (Å²) in [6.07, 6.45) is 0. The van der Waals surface area contributed by atoms with Crippen LogP contribution in [0, 0.1) is 6.92 Å². The van der Waals surface area contributed by atoms with Crippen LogP contribution in [0.5, 0.6) is 0 Å². The second-order valence-corrected chi connectivity index (χ2v) is 5.75. The van der Waals surface area contributed by atoms with Crippen LogP contribution in [0.2, 0.25) is 0 Å². The maximum atomic E-state index is 5.69. The van der Waals surface area contributed by atoms with E-state index >= 15 is 0 Å². The number of rotatable bonds is 4. The summed E-state index contributed by atoms with van der Waals surface area (Å²) < 4.78 is 1.02. The molecule has 0 aliphatic carbocycles. The van der Waals surface area contributed by atoms with Crippen molar-refractivity contribution in [3.63, 3.8) is 0 Å². The van der Waals surface area contributed by atoms with Crippen molar-refractivity contribution in [2.75, 3.05) is 0 Å². The number of thioether (sulfide) groups is 1. The summed E-state index contributed by atoms with van der Waals surface area (Å²) in [5, 5.41) is 9.09. The number of aryl methyl sites for hydroxylation is 1. The van der Waals surface area contributed by atoms with E-state index in [1.54, 1.807) is 23.1 Å². The van der Waals surface area contributed by atoms with Crippen molar-refractivity contribution in [3.8, 4) is 0 Å². The van der Waals surface area contributed by atoms with Gasteiger partial charge in [-0.3, -0.25) is 0 Å². The number of benzene rings is 1. The minimum atomic E-state index is 0.589. The minimum absolute atomic E-state index is 0.589. The summed E-state index contributed by atoms with van der Waals surface area (Å²) in [6, 6.07) is 8.25. The molecule has 3 nitrogen and oxygen atoms in total. The molecule has 1 aromatic heterocycles. The summed E-state index contributed by atoms with van der Waals surface area (Å²) >= 11 is 3.34. The van der Waals surface area contributed by atoms with Gasteiger partial charge < -0.3 is 5.73 Å². The normalized spacial score (nSPS) is 10.6. The van der Waals surface area contributed by atoms with Crippen LogP contribution < -0.4 is 5.73 Å². The van der Waals surface area contributed by atoms with Gasteiger partial charge in [0.2, 0.25) is 0 Å². The van der Waals surface area contributed by atoms with Gasteiger partial charge in [-0.25, -0.2) is 0 Å². The van der Waals surface area contributed by atoms with Crippen LogP contribution in [0.25, 0.3) is 0 Å². The van der Waals surface area contributed by atoms with Crippen molar-refractivity contribution >= 4 is 23.1 Å². The SMILES string of the molecule is Cc1nnc(SCc2ccccc2CN)s1. The lowest BCUT2D eigenvalue weighted by atomic mass is 10.1. The lowest BCUT2D eigenvalue weighted by molar-refractivity contribution is 0.982. The Bertz CT molecular complexity index is 468. The molecular formula is C11H13N3S2. The zero-order valence-electron chi connectivity index (χ0n) is 9.01. The Hall–Kier alpha value is -0.910. The van der Waals surface area contributed by atoms with Gasteiger partial charge in [-0.2, -0.15) is 0 Å². The second-order valence-electron chi connectivity index (χ2n) is 3.35. The van der Waals surface area contributed by atoms with E-state index in [4.69, 9.17) is 5.73 Å². The van der Waals surface area contributed by atoms with E-state index in [0.717, 1.165) is 15.1 Å². The van der Waals surface area contributed by atoms with Gasteiger partial charge in [-0.1, -0.05) is 47.4 Å². The molecule has 1 aromatic carbocycles. The molecule has 0 aliphatic heterocycles. The molecule has 0 fully saturated rings. The number of nitrogens with two attached hydrogens (primary N) is 1. The van der Waals surface area contributed by atoms with E-state index in [2.05, 4.69) is 22.3 Å². The van der Waals surface area contributed by atoms with Gasteiger partial charge in [0.05, 0.1) is 0 Å². The number of hydrogen-bond acceptors (Lipinski definition) is 5. The predicted octanol–water partition coefficient (Wildman–Crippen LogP) is 2.60. The van der Waals surface area contributed by atoms with E-state index in [1.807, 2.05) is 19.1 Å². The lowest BCUT2D eigenvalue weighted by Gasteiger charge is -2.05. The predicted molar refractivity (Wildman–Crippen MR) is 68.5 cm³/mol. The highest BCUT2D eigenvalue weighted by Gasteiger charge is 2.04. The smallest absolute Gasteiger partial charge is 0.174 e. The van der Waals surface area contributed by atoms with Crippen molar-refractivity contribution in [1.29, 1.82) is 0 Å². The summed E-state index contributed by atoms with van der Waals surface area (Å²) in [7, 11) is 0. The topological polar surface area (TPSA) is 51.8 Å². The quantitative estimate of drug-likeness (QED) is 0.849. The Balaban J connectivity index is 2.04. The molecule has 2 rings (SSSR count). The molecule has 0 amide bonds. The third-order valence-corrected chi connectivity index (χ3v) is 4.22. The summed E-state index contributed by atoms with van der Waals surface area (Å²) in [5.41, 5.74) is 8.17. The van der Waals surface area contributed by atoms with Gasteiger partial charge in [-0.05, 0) is 18.1 Å². The molecular weight excluding hydrogens is 238 g/mol. The first kappa shape index (κ1) is 11.6. The first-order valence-corrected chi connectivity index (χ1v) is 6.79. The largest absolute Gasteiger partial charge is 0.326 e. The Kier molecular flexibility index (Phi) is 3.93. The summed E-state index contributed by atoms with van der Waals surface area (Å²) in [5.74, 6) is 0.905. The van der Waals surface area contributed by atoms with Crippen LogP contribution in [0.3, 0.4) is 0 Å². The molecule has 2 aromatic rings. The van der Waals surface area contributed by atoms with Crippen molar-refractivity contribution < 1.29 is 0 Å². The maximum absolute atomic E-state index is 5.69. The van der Waals surface area contributed by atoms with Crippen LogP contribution >= 0.6 is 23.1 Å². The maximum Gasteiger partial charge on any atom is 0.174 e. The molecule has 0 unspecified atom stereocenters. The highest BCUT2D eigenvalue weighted by atomic mass is 32.2. The van der Waals surface area contributed by atoms with Gasteiger partial charge in [0.15, 0.2) is 4.34 Å². The Morgan fingerprint density at radius 2 is 2.00 bits per heavy atom. The van der Waals surface area contributed by atoms with Crippen molar-refractivity contribution in [2.45, 2.75) is 23.6 Å². The zero-order chi connectivity index (χ0) is 11.4. The van der Waals surface area contributed by atoms with Crippen LogP contribution in [0.15, 0.2) is 28.6 Å². The third-order valence-electron chi connectivity index (χ3n) is 2.20. The fourth-order valence-corrected chi connectivity index (χ4v) is 3.22. The molecule has 0 aliphatic rings. The Labute approximate surface area is 103 Å². The number of nitrogens with zero attached hydrogens (tertiary/aromatic N) is 2. The van der Waals surface area contributed by atoms with Crippen LogP contribution in [0.4, 0.5) is 0 Å². The molecule has 2 N–H and O–H groups in total. The highest BCUT2D eigenvalue weighted by molar-refractivity contribution is 8.00. The molecule has 0 saturated carbocycles. The average molecular weight is 251 g/mol. The van der Waals surface area contributed by atoms with Gasteiger partial charge in [0, 0.05) is 12.3 Å². The monoisotopic (exact) mass is 251 g/mol. The second kappa shape index (κ2) is 5.43. The fourth-order valence-electron chi connectivity index (χ4n) is 1.37. The lowest BCUT2D eigenvalue weighted by Crippen LogP contribution is -2.00. The number of aromatic nitrogens is 2. The first-order valence-electron chi connectivity index (χ1n) is 4.99. The number of hydrogen-bond donors (Lipinski definition) is 1. The summed E-state index contributed by atoms with van der Waals surface area (Å²) in [6.45, 7) is 2.56. The van der Waals surface area contributed by atoms with E-state index in [-0.39, 0.29) is 0 Å². The third kappa shape index (κ3) is 2.81. The Morgan fingerprint density at radius 1 is 1.25 bits per heavy atom. The van der Waals surface area contributed by atoms with Crippen LogP contribution in [-0.2, 0) is 12.3 Å². The standard InChI is InChI=1S/C11H13N3S2/c1-8-13-14-11(16-8)15-7-10-5-3-2-4-9(10)6-12/h2-5H,6-7,12H2,1H3. The fraction of sp³-hybridized carbons (Fsp3) is 0.273. The summed E-state index contributed by atoms with van der Waals surface area (Å²) in [4.78, 5) is 0. The minimum Gasteiger partial charge on any atom is -0.326 e. The van der Waals surface area contributed by atoms with Gasteiger partial charge >= 0.3 is 0 Å². The van der Waals surface area contributed by atoms with Gasteiger partial charge in [-0.15, -0.1) is 10.2 Å².